The molecule has 0 heterocycles. The van der Waals surface area contributed by atoms with Crippen molar-refractivity contribution in [3.8, 4) is 0 Å². The second-order valence-electron chi connectivity index (χ2n) is 6.39. The number of para-hydroxylation sites is 1. The molecule has 150 valence electrons. The molecule has 0 radical (unpaired) electrons. The van der Waals surface area contributed by atoms with E-state index in [0.717, 1.165) is 11.6 Å². The number of carbonyl (C=O) groups excluding carboxylic acids is 2. The van der Waals surface area contributed by atoms with Gasteiger partial charge in [0.15, 0.2) is 0 Å². The second-order valence-corrected chi connectivity index (χ2v) is 6.39. The summed E-state index contributed by atoms with van der Waals surface area (Å²) in [6, 6.07) is 13.5. The van der Waals surface area contributed by atoms with Gasteiger partial charge in [-0.25, -0.2) is 0 Å². The lowest BCUT2D eigenvalue weighted by Gasteiger charge is -2.23. The summed E-state index contributed by atoms with van der Waals surface area (Å²) in [6.07, 6.45) is -4.57. The molecular formula is C20H22F3N3O2. The molecule has 28 heavy (non-hydrogen) atoms. The Labute approximate surface area is 161 Å². The zero-order chi connectivity index (χ0) is 20.7. The van der Waals surface area contributed by atoms with E-state index in [1.807, 2.05) is 30.3 Å². The van der Waals surface area contributed by atoms with Crippen LogP contribution in [0.1, 0.15) is 18.1 Å². The Kier molecular flexibility index (Phi) is 7.17. The van der Waals surface area contributed by atoms with Crippen molar-refractivity contribution in [2.45, 2.75) is 25.7 Å². The van der Waals surface area contributed by atoms with Gasteiger partial charge in [0, 0.05) is 6.54 Å². The minimum Gasteiger partial charge on any atom is -0.351 e. The zero-order valence-corrected chi connectivity index (χ0v) is 15.6. The standard InChI is InChI=1S/C20H22F3N3O2/c1-14(19(28)24-12-15-8-4-3-5-9-15)26(2)13-18(27)25-17-11-7-6-10-16(17)20(21,22)23/h3-11,14H,12-13H2,1-2H3,(H,24,28)(H,25,27). The molecular weight excluding hydrogens is 371 g/mol. The summed E-state index contributed by atoms with van der Waals surface area (Å²) in [5.74, 6) is -0.920. The SMILES string of the molecule is CC(C(=O)NCc1ccccc1)N(C)CC(=O)Nc1ccccc1C(F)(F)F. The molecule has 5 nitrogen and oxygen atoms in total. The summed E-state index contributed by atoms with van der Waals surface area (Å²) in [7, 11) is 1.56. The number of carbonyl (C=O) groups is 2. The molecule has 1 atom stereocenters. The number of likely N-dealkylation sites (N-methyl/N-ethyl adjacent to an activating group) is 1. The maximum Gasteiger partial charge on any atom is 0.418 e. The third-order valence-corrected chi connectivity index (χ3v) is 4.25. The molecule has 0 aliphatic carbocycles. The second kappa shape index (κ2) is 9.36. The number of amides is 2. The van der Waals surface area contributed by atoms with Gasteiger partial charge in [0.05, 0.1) is 23.8 Å². The van der Waals surface area contributed by atoms with Crippen LogP contribution in [0.3, 0.4) is 0 Å². The van der Waals surface area contributed by atoms with Gasteiger partial charge in [-0.1, -0.05) is 42.5 Å². The van der Waals surface area contributed by atoms with Gasteiger partial charge in [0.2, 0.25) is 11.8 Å². The van der Waals surface area contributed by atoms with Crippen molar-refractivity contribution in [2.24, 2.45) is 0 Å². The first-order valence-electron chi connectivity index (χ1n) is 8.66. The van der Waals surface area contributed by atoms with E-state index in [1.54, 1.807) is 14.0 Å². The monoisotopic (exact) mass is 393 g/mol. The Hall–Kier alpha value is -2.87. The number of halogens is 3. The fraction of sp³-hybridized carbons (Fsp3) is 0.300. The minimum atomic E-state index is -4.57. The number of hydrogen-bond donors (Lipinski definition) is 2. The van der Waals surface area contributed by atoms with Crippen molar-refractivity contribution in [3.63, 3.8) is 0 Å². The highest BCUT2D eigenvalue weighted by atomic mass is 19.4. The quantitative estimate of drug-likeness (QED) is 0.759. The topological polar surface area (TPSA) is 61.4 Å². The summed E-state index contributed by atoms with van der Waals surface area (Å²) < 4.78 is 39.0. The third-order valence-electron chi connectivity index (χ3n) is 4.25. The molecule has 2 N–H and O–H groups in total. The lowest BCUT2D eigenvalue weighted by Crippen LogP contribution is -2.45. The van der Waals surface area contributed by atoms with E-state index < -0.39 is 23.7 Å². The van der Waals surface area contributed by atoms with E-state index in [4.69, 9.17) is 0 Å². The number of rotatable bonds is 7. The number of hydrogen-bond acceptors (Lipinski definition) is 3. The Morgan fingerprint density at radius 1 is 1.04 bits per heavy atom. The highest BCUT2D eigenvalue weighted by molar-refractivity contribution is 5.93. The van der Waals surface area contributed by atoms with Gasteiger partial charge in [-0.15, -0.1) is 0 Å². The van der Waals surface area contributed by atoms with Crippen molar-refractivity contribution in [1.82, 2.24) is 10.2 Å². The van der Waals surface area contributed by atoms with E-state index in [0.29, 0.717) is 6.54 Å². The van der Waals surface area contributed by atoms with Crippen molar-refractivity contribution in [1.29, 1.82) is 0 Å². The highest BCUT2D eigenvalue weighted by Gasteiger charge is 2.33. The van der Waals surface area contributed by atoms with Crippen LogP contribution in [0.15, 0.2) is 54.6 Å². The van der Waals surface area contributed by atoms with Crippen LogP contribution in [0, 0.1) is 0 Å². The third kappa shape index (κ3) is 6.09. The van der Waals surface area contributed by atoms with Gasteiger partial charge in [0.25, 0.3) is 0 Å². The van der Waals surface area contributed by atoms with Gasteiger partial charge in [-0.05, 0) is 31.7 Å². The average Bonchev–Trinajstić information content (AvgIpc) is 2.65. The zero-order valence-electron chi connectivity index (χ0n) is 15.6. The predicted molar refractivity (Wildman–Crippen MR) is 100 cm³/mol. The molecule has 2 aromatic carbocycles. The fourth-order valence-electron chi connectivity index (χ4n) is 2.53. The molecule has 0 aliphatic rings. The van der Waals surface area contributed by atoms with Crippen molar-refractivity contribution in [3.05, 3.63) is 65.7 Å². The molecule has 0 spiro atoms. The van der Waals surface area contributed by atoms with Crippen molar-refractivity contribution < 1.29 is 22.8 Å². The summed E-state index contributed by atoms with van der Waals surface area (Å²) in [5, 5.41) is 5.04. The van der Waals surface area contributed by atoms with Crippen LogP contribution in [0.2, 0.25) is 0 Å². The predicted octanol–water partition coefficient (Wildman–Crippen LogP) is 3.28. The van der Waals surface area contributed by atoms with Crippen LogP contribution >= 0.6 is 0 Å². The molecule has 0 aliphatic heterocycles. The normalized spacial score (nSPS) is 12.5. The van der Waals surface area contributed by atoms with Crippen LogP contribution in [0.4, 0.5) is 18.9 Å². The molecule has 0 saturated carbocycles. The smallest absolute Gasteiger partial charge is 0.351 e. The van der Waals surface area contributed by atoms with E-state index in [1.165, 1.54) is 23.1 Å². The van der Waals surface area contributed by atoms with Crippen LogP contribution < -0.4 is 10.6 Å². The molecule has 1 unspecified atom stereocenters. The minimum absolute atomic E-state index is 0.230. The lowest BCUT2D eigenvalue weighted by atomic mass is 10.1. The molecule has 0 fully saturated rings. The summed E-state index contributed by atoms with van der Waals surface area (Å²) in [5.41, 5.74) is -0.290. The average molecular weight is 393 g/mol. The fourth-order valence-corrected chi connectivity index (χ4v) is 2.53. The maximum absolute atomic E-state index is 13.0. The van der Waals surface area contributed by atoms with E-state index >= 15 is 0 Å². The van der Waals surface area contributed by atoms with Crippen LogP contribution in [0.5, 0.6) is 0 Å². The molecule has 2 aromatic rings. The molecule has 0 bridgehead atoms. The molecule has 0 saturated heterocycles. The summed E-state index contributed by atoms with van der Waals surface area (Å²) in [4.78, 5) is 25.9. The van der Waals surface area contributed by atoms with E-state index in [2.05, 4.69) is 10.6 Å². The molecule has 2 rings (SSSR count). The van der Waals surface area contributed by atoms with Gasteiger partial charge in [-0.3, -0.25) is 14.5 Å². The Bertz CT molecular complexity index is 810. The van der Waals surface area contributed by atoms with Crippen LogP contribution in [-0.2, 0) is 22.3 Å². The Morgan fingerprint density at radius 2 is 1.64 bits per heavy atom. The highest BCUT2D eigenvalue weighted by Crippen LogP contribution is 2.34. The van der Waals surface area contributed by atoms with E-state index in [-0.39, 0.29) is 18.1 Å². The number of alkyl halides is 3. The van der Waals surface area contributed by atoms with Gasteiger partial charge in [0.1, 0.15) is 0 Å². The Morgan fingerprint density at radius 3 is 2.29 bits per heavy atom. The first-order valence-corrected chi connectivity index (χ1v) is 8.66. The first kappa shape index (κ1) is 21.4. The summed E-state index contributed by atoms with van der Waals surface area (Å²) in [6.45, 7) is 1.74. The number of nitrogens with one attached hydrogen (secondary N) is 2. The lowest BCUT2D eigenvalue weighted by molar-refractivity contribution is -0.137. The van der Waals surface area contributed by atoms with Gasteiger partial charge < -0.3 is 10.6 Å². The molecule has 8 heteroatoms. The summed E-state index contributed by atoms with van der Waals surface area (Å²) >= 11 is 0. The van der Waals surface area contributed by atoms with Crippen LogP contribution in [0.25, 0.3) is 0 Å². The Balaban J connectivity index is 1.90. The number of anilines is 1. The first-order chi connectivity index (χ1) is 13.2. The molecule has 2 amide bonds. The largest absolute Gasteiger partial charge is 0.418 e. The van der Waals surface area contributed by atoms with E-state index in [9.17, 15) is 22.8 Å². The van der Waals surface area contributed by atoms with Crippen molar-refractivity contribution in [2.75, 3.05) is 18.9 Å². The van der Waals surface area contributed by atoms with Crippen molar-refractivity contribution >= 4 is 17.5 Å². The number of nitrogens with zero attached hydrogens (tertiary/aromatic N) is 1. The maximum atomic E-state index is 13.0. The van der Waals surface area contributed by atoms with Crippen LogP contribution in [-0.4, -0.2) is 36.3 Å². The number of benzene rings is 2. The van der Waals surface area contributed by atoms with Gasteiger partial charge >= 0.3 is 6.18 Å². The molecule has 0 aromatic heterocycles. The van der Waals surface area contributed by atoms with Gasteiger partial charge in [-0.2, -0.15) is 13.2 Å².